The van der Waals surface area contributed by atoms with Crippen LogP contribution in [0.5, 0.6) is 0 Å². The lowest BCUT2D eigenvalue weighted by atomic mass is 10.0. The van der Waals surface area contributed by atoms with E-state index in [9.17, 15) is 13.6 Å². The van der Waals surface area contributed by atoms with Crippen LogP contribution in [0.15, 0.2) is 53.7 Å². The Morgan fingerprint density at radius 2 is 1.60 bits per heavy atom. The van der Waals surface area contributed by atoms with Crippen LogP contribution in [0, 0.1) is 0 Å². The van der Waals surface area contributed by atoms with Crippen molar-refractivity contribution in [2.75, 3.05) is 10.5 Å². The normalized spacial score (nSPS) is 12.1. The zero-order chi connectivity index (χ0) is 21.8. The summed E-state index contributed by atoms with van der Waals surface area (Å²) in [6.07, 6.45) is 8.69. The molecule has 0 atom stereocenters. The molecule has 0 heterocycles. The predicted molar refractivity (Wildman–Crippen MR) is 125 cm³/mol. The summed E-state index contributed by atoms with van der Waals surface area (Å²) in [6.45, 7) is 2.19. The molecule has 0 aromatic heterocycles. The van der Waals surface area contributed by atoms with Gasteiger partial charge in [0.25, 0.3) is 0 Å². The van der Waals surface area contributed by atoms with Crippen molar-refractivity contribution in [1.29, 1.82) is 0 Å². The van der Waals surface area contributed by atoms with E-state index < -0.39 is 10.0 Å². The zero-order valence-electron chi connectivity index (χ0n) is 17.5. The van der Waals surface area contributed by atoms with Crippen molar-refractivity contribution in [2.24, 2.45) is 5.16 Å². The molecule has 30 heavy (non-hydrogen) atoms. The third kappa shape index (κ3) is 8.00. The molecule has 0 fully saturated rings. The second kappa shape index (κ2) is 12.6. The molecule has 0 radical (unpaired) electrons. The first kappa shape index (κ1) is 24.2. The van der Waals surface area contributed by atoms with Crippen molar-refractivity contribution in [2.45, 2.75) is 58.3 Å². The molecule has 2 aromatic rings. The average molecular weight is 451 g/mol. The van der Waals surface area contributed by atoms with Crippen molar-refractivity contribution in [3.63, 3.8) is 0 Å². The number of halogens is 1. The molecule has 0 saturated carbocycles. The monoisotopic (exact) mass is 450 g/mol. The molecule has 2 N–H and O–H groups in total. The molecule has 7 heteroatoms. The third-order valence-electron chi connectivity index (χ3n) is 4.92. The fourth-order valence-electron chi connectivity index (χ4n) is 3.31. The van der Waals surface area contributed by atoms with Crippen LogP contribution < -0.4 is 4.72 Å². The smallest absolute Gasteiger partial charge is 0.232 e. The second-order valence-electron chi connectivity index (χ2n) is 7.40. The minimum Gasteiger partial charge on any atom is -0.410 e. The van der Waals surface area contributed by atoms with Gasteiger partial charge < -0.3 is 5.21 Å². The molecule has 0 saturated heterocycles. The van der Waals surface area contributed by atoms with Gasteiger partial charge in [0.15, 0.2) is 0 Å². The van der Waals surface area contributed by atoms with Crippen molar-refractivity contribution >= 4 is 33.0 Å². The van der Waals surface area contributed by atoms with Gasteiger partial charge in [0.1, 0.15) is 5.71 Å². The standard InChI is InChI=1S/C23H31ClN2O3S/c1-2-3-4-5-6-7-8-12-17-30(28,29)26-22-16-15-20(24)18-21(22)23(25-27)19-13-10-9-11-14-19/h9-11,13-16,18,26-27H,2-8,12,17H2,1H3/b25-23-. The lowest BCUT2D eigenvalue weighted by Crippen LogP contribution is -2.19. The molecule has 5 nitrogen and oxygen atoms in total. The van der Waals surface area contributed by atoms with Crippen LogP contribution in [0.4, 0.5) is 5.69 Å². The van der Waals surface area contributed by atoms with E-state index in [4.69, 9.17) is 11.6 Å². The average Bonchev–Trinajstić information content (AvgIpc) is 2.73. The van der Waals surface area contributed by atoms with Crippen LogP contribution in [-0.4, -0.2) is 25.1 Å². The Bertz CT molecular complexity index is 915. The van der Waals surface area contributed by atoms with Crippen LogP contribution >= 0.6 is 11.6 Å². The number of anilines is 1. The summed E-state index contributed by atoms with van der Waals surface area (Å²) in [7, 11) is -3.52. The first-order valence-electron chi connectivity index (χ1n) is 10.5. The molecule has 0 bridgehead atoms. The number of benzene rings is 2. The van der Waals surface area contributed by atoms with Crippen LogP contribution in [-0.2, 0) is 10.0 Å². The van der Waals surface area contributed by atoms with Crippen LogP contribution in [0.1, 0.15) is 69.4 Å². The van der Waals surface area contributed by atoms with Gasteiger partial charge in [0, 0.05) is 16.1 Å². The Morgan fingerprint density at radius 1 is 0.967 bits per heavy atom. The highest BCUT2D eigenvalue weighted by Gasteiger charge is 2.18. The number of oxime groups is 1. The molecular formula is C23H31ClN2O3S. The van der Waals surface area contributed by atoms with Crippen molar-refractivity contribution < 1.29 is 13.6 Å². The van der Waals surface area contributed by atoms with Crippen LogP contribution in [0.2, 0.25) is 5.02 Å². The Labute approximate surface area is 185 Å². The van der Waals surface area contributed by atoms with Gasteiger partial charge in [-0.1, -0.05) is 99.0 Å². The molecule has 2 aromatic carbocycles. The maximum absolute atomic E-state index is 12.6. The van der Waals surface area contributed by atoms with E-state index in [-0.39, 0.29) is 11.5 Å². The SMILES string of the molecule is CCCCCCCCCCS(=O)(=O)Nc1ccc(Cl)cc1/C(=N\O)c1ccccc1. The van der Waals surface area contributed by atoms with Crippen LogP contribution in [0.3, 0.4) is 0 Å². The molecule has 0 amide bonds. The maximum Gasteiger partial charge on any atom is 0.232 e. The first-order valence-corrected chi connectivity index (χ1v) is 12.6. The Hall–Kier alpha value is -2.05. The van der Waals surface area contributed by atoms with Gasteiger partial charge >= 0.3 is 0 Å². The number of rotatable bonds is 13. The highest BCUT2D eigenvalue weighted by Crippen LogP contribution is 2.25. The van der Waals surface area contributed by atoms with Gasteiger partial charge in [-0.05, 0) is 24.6 Å². The first-order chi connectivity index (χ1) is 14.5. The molecule has 0 unspecified atom stereocenters. The second-order valence-corrected chi connectivity index (χ2v) is 9.68. The minimum atomic E-state index is -3.52. The molecule has 0 spiro atoms. The Morgan fingerprint density at radius 3 is 2.23 bits per heavy atom. The zero-order valence-corrected chi connectivity index (χ0v) is 19.1. The van der Waals surface area contributed by atoms with Gasteiger partial charge in [0.2, 0.25) is 10.0 Å². The summed E-state index contributed by atoms with van der Waals surface area (Å²) in [5.74, 6) is 0.0565. The van der Waals surface area contributed by atoms with E-state index in [2.05, 4.69) is 16.8 Å². The summed E-state index contributed by atoms with van der Waals surface area (Å²) in [5.41, 5.74) is 1.68. The van der Waals surface area contributed by atoms with Crippen molar-refractivity contribution in [1.82, 2.24) is 0 Å². The third-order valence-corrected chi connectivity index (χ3v) is 6.51. The molecular weight excluding hydrogens is 420 g/mol. The van der Waals surface area contributed by atoms with Gasteiger partial charge in [-0.15, -0.1) is 0 Å². The van der Waals surface area contributed by atoms with Gasteiger partial charge in [-0.25, -0.2) is 8.42 Å². The summed E-state index contributed by atoms with van der Waals surface area (Å²) >= 11 is 6.13. The Balaban J connectivity index is 2.02. The van der Waals surface area contributed by atoms with Crippen molar-refractivity contribution in [3.05, 3.63) is 64.7 Å². The largest absolute Gasteiger partial charge is 0.410 e. The van der Waals surface area contributed by atoms with E-state index in [1.165, 1.54) is 25.7 Å². The Kier molecular flexibility index (Phi) is 10.2. The number of unbranched alkanes of at least 4 members (excludes halogenated alkanes) is 7. The molecule has 2 rings (SSSR count). The quantitative estimate of drug-likeness (QED) is 0.159. The minimum absolute atomic E-state index is 0.0565. The molecule has 0 aliphatic rings. The van der Waals surface area contributed by atoms with Gasteiger partial charge in [-0.2, -0.15) is 0 Å². The van der Waals surface area contributed by atoms with E-state index >= 15 is 0 Å². The fourth-order valence-corrected chi connectivity index (χ4v) is 4.68. The molecule has 0 aliphatic carbocycles. The topological polar surface area (TPSA) is 78.8 Å². The highest BCUT2D eigenvalue weighted by atomic mass is 35.5. The van der Waals surface area contributed by atoms with E-state index in [1.54, 1.807) is 30.3 Å². The number of nitrogens with zero attached hydrogens (tertiary/aromatic N) is 1. The van der Waals surface area contributed by atoms with Gasteiger partial charge in [-0.3, -0.25) is 4.72 Å². The summed E-state index contributed by atoms with van der Waals surface area (Å²) in [4.78, 5) is 0. The van der Waals surface area contributed by atoms with Crippen molar-refractivity contribution in [3.8, 4) is 0 Å². The molecule has 0 aliphatic heterocycles. The number of nitrogens with one attached hydrogen (secondary N) is 1. The number of hydrogen-bond acceptors (Lipinski definition) is 4. The maximum atomic E-state index is 12.6. The van der Waals surface area contributed by atoms with E-state index in [0.29, 0.717) is 28.3 Å². The lowest BCUT2D eigenvalue weighted by molar-refractivity contribution is 0.319. The predicted octanol–water partition coefficient (Wildman–Crippen LogP) is 6.45. The van der Waals surface area contributed by atoms with Crippen LogP contribution in [0.25, 0.3) is 0 Å². The summed E-state index contributed by atoms with van der Waals surface area (Å²) in [6, 6.07) is 13.9. The lowest BCUT2D eigenvalue weighted by Gasteiger charge is -2.14. The summed E-state index contributed by atoms with van der Waals surface area (Å²) < 4.78 is 27.9. The summed E-state index contributed by atoms with van der Waals surface area (Å²) in [5, 5.41) is 13.4. The highest BCUT2D eigenvalue weighted by molar-refractivity contribution is 7.92. The molecule has 164 valence electrons. The van der Waals surface area contributed by atoms with E-state index in [1.807, 2.05) is 18.2 Å². The number of sulfonamides is 1. The fraction of sp³-hybridized carbons (Fsp3) is 0.435. The van der Waals surface area contributed by atoms with Gasteiger partial charge in [0.05, 0.1) is 11.4 Å². The van der Waals surface area contributed by atoms with E-state index in [0.717, 1.165) is 19.3 Å². The number of hydrogen-bond donors (Lipinski definition) is 2.